The molecular weight excluding hydrogens is 447 g/mol. The molecule has 2 N–H and O–H groups in total. The molecule has 1 aliphatic carbocycles. The van der Waals surface area contributed by atoms with Crippen LogP contribution >= 0.6 is 24.0 Å². The van der Waals surface area contributed by atoms with Gasteiger partial charge in [0.2, 0.25) is 0 Å². The number of piperidine rings is 1. The number of hydrogen-bond donors (Lipinski definition) is 2. The Bertz CT molecular complexity index is 563. The Balaban J connectivity index is 0.00000261. The van der Waals surface area contributed by atoms with Gasteiger partial charge in [-0.15, -0.1) is 24.0 Å². The van der Waals surface area contributed by atoms with Crippen LogP contribution in [-0.4, -0.2) is 49.6 Å². The van der Waals surface area contributed by atoms with Gasteiger partial charge in [-0.2, -0.15) is 0 Å². The summed E-state index contributed by atoms with van der Waals surface area (Å²) in [4.78, 5) is 7.56. The second-order valence-corrected chi connectivity index (χ2v) is 8.12. The van der Waals surface area contributed by atoms with Crippen molar-refractivity contribution in [1.82, 2.24) is 15.5 Å². The van der Waals surface area contributed by atoms with Crippen LogP contribution in [0.15, 0.2) is 35.3 Å². The molecule has 27 heavy (non-hydrogen) atoms. The standard InChI is InChI=1S/C22H36N4.HI/c1-3-14-26-15-10-20(11-16-26)25-21(23-4-2)24-18-22(12-13-22)17-19-8-6-5-7-9-19;/h5-9,20H,3-4,10-18H2,1-2H3,(H2,23,24,25);1H. The molecule has 0 atom stereocenters. The maximum atomic E-state index is 4.97. The van der Waals surface area contributed by atoms with Gasteiger partial charge in [0.25, 0.3) is 0 Å². The van der Waals surface area contributed by atoms with Gasteiger partial charge in [-0.05, 0) is 63.0 Å². The number of halogens is 1. The lowest BCUT2D eigenvalue weighted by Gasteiger charge is -2.33. The molecule has 1 saturated carbocycles. The molecule has 3 rings (SSSR count). The Kier molecular flexibility index (Phi) is 9.36. The fourth-order valence-corrected chi connectivity index (χ4v) is 3.97. The molecule has 0 spiro atoms. The normalized spacial score (nSPS) is 20.0. The van der Waals surface area contributed by atoms with Crippen LogP contribution in [0.25, 0.3) is 0 Å². The molecule has 1 heterocycles. The molecule has 1 aromatic carbocycles. The predicted molar refractivity (Wildman–Crippen MR) is 126 cm³/mol. The minimum atomic E-state index is 0. The van der Waals surface area contributed by atoms with Gasteiger partial charge in [0.15, 0.2) is 5.96 Å². The average Bonchev–Trinajstić information content (AvgIpc) is 3.42. The van der Waals surface area contributed by atoms with E-state index >= 15 is 0 Å². The van der Waals surface area contributed by atoms with E-state index in [1.165, 1.54) is 57.3 Å². The van der Waals surface area contributed by atoms with Crippen LogP contribution in [0.1, 0.15) is 51.5 Å². The largest absolute Gasteiger partial charge is 0.357 e. The van der Waals surface area contributed by atoms with Crippen molar-refractivity contribution in [3.63, 3.8) is 0 Å². The second kappa shape index (κ2) is 11.2. The van der Waals surface area contributed by atoms with E-state index in [1.807, 2.05) is 0 Å². The Labute approximate surface area is 182 Å². The van der Waals surface area contributed by atoms with Gasteiger partial charge >= 0.3 is 0 Å². The number of nitrogens with zero attached hydrogens (tertiary/aromatic N) is 2. The Morgan fingerprint density at radius 3 is 2.44 bits per heavy atom. The summed E-state index contributed by atoms with van der Waals surface area (Å²) in [5.74, 6) is 1.01. The highest BCUT2D eigenvalue weighted by Gasteiger charge is 2.42. The summed E-state index contributed by atoms with van der Waals surface area (Å²) in [6.45, 7) is 9.94. The number of aliphatic imine (C=N–C) groups is 1. The average molecular weight is 484 g/mol. The molecule has 2 fully saturated rings. The van der Waals surface area contributed by atoms with Gasteiger partial charge in [-0.3, -0.25) is 4.99 Å². The highest BCUT2D eigenvalue weighted by Crippen LogP contribution is 2.48. The van der Waals surface area contributed by atoms with E-state index in [9.17, 15) is 0 Å². The zero-order valence-corrected chi connectivity index (χ0v) is 19.4. The van der Waals surface area contributed by atoms with E-state index in [0.29, 0.717) is 11.5 Å². The SMILES string of the molecule is CCCN1CCC(NC(=NCC2(Cc3ccccc3)CC2)NCC)CC1.I. The quantitative estimate of drug-likeness (QED) is 0.332. The molecular formula is C22H37IN4. The molecule has 0 radical (unpaired) electrons. The van der Waals surface area contributed by atoms with Crippen LogP contribution in [0, 0.1) is 5.41 Å². The van der Waals surface area contributed by atoms with E-state index < -0.39 is 0 Å². The lowest BCUT2D eigenvalue weighted by atomic mass is 9.97. The van der Waals surface area contributed by atoms with Crippen molar-refractivity contribution in [2.24, 2.45) is 10.4 Å². The highest BCUT2D eigenvalue weighted by atomic mass is 127. The van der Waals surface area contributed by atoms with Gasteiger partial charge < -0.3 is 15.5 Å². The molecule has 4 nitrogen and oxygen atoms in total. The molecule has 0 amide bonds. The molecule has 152 valence electrons. The second-order valence-electron chi connectivity index (χ2n) is 8.12. The molecule has 5 heteroatoms. The first-order valence-electron chi connectivity index (χ1n) is 10.5. The Hall–Kier alpha value is -0.820. The maximum absolute atomic E-state index is 4.97. The van der Waals surface area contributed by atoms with Gasteiger partial charge in [0.1, 0.15) is 0 Å². The smallest absolute Gasteiger partial charge is 0.191 e. The molecule has 0 unspecified atom stereocenters. The maximum Gasteiger partial charge on any atom is 0.191 e. The summed E-state index contributed by atoms with van der Waals surface area (Å²) in [6.07, 6.45) is 7.47. The van der Waals surface area contributed by atoms with E-state index in [0.717, 1.165) is 25.5 Å². The van der Waals surface area contributed by atoms with Crippen LogP contribution < -0.4 is 10.6 Å². The molecule has 1 aliphatic heterocycles. The predicted octanol–water partition coefficient (Wildman–Crippen LogP) is 4.06. The fraction of sp³-hybridized carbons (Fsp3) is 0.682. The van der Waals surface area contributed by atoms with Crippen LogP contribution in [0.3, 0.4) is 0 Å². The number of nitrogens with one attached hydrogen (secondary N) is 2. The van der Waals surface area contributed by atoms with Crippen molar-refractivity contribution in [2.75, 3.05) is 32.7 Å². The summed E-state index contributed by atoms with van der Waals surface area (Å²) in [6, 6.07) is 11.4. The summed E-state index contributed by atoms with van der Waals surface area (Å²) in [7, 11) is 0. The van der Waals surface area contributed by atoms with E-state index in [-0.39, 0.29) is 24.0 Å². The third-order valence-electron chi connectivity index (χ3n) is 5.76. The summed E-state index contributed by atoms with van der Waals surface area (Å²) in [5, 5.41) is 7.15. The molecule has 1 aromatic rings. The summed E-state index contributed by atoms with van der Waals surface area (Å²) in [5.41, 5.74) is 1.84. The Morgan fingerprint density at radius 1 is 1.15 bits per heavy atom. The van der Waals surface area contributed by atoms with Crippen LogP contribution in [-0.2, 0) is 6.42 Å². The lowest BCUT2D eigenvalue weighted by Crippen LogP contribution is -2.49. The van der Waals surface area contributed by atoms with Gasteiger partial charge in [0.05, 0.1) is 0 Å². The summed E-state index contributed by atoms with van der Waals surface area (Å²) >= 11 is 0. The summed E-state index contributed by atoms with van der Waals surface area (Å²) < 4.78 is 0. The topological polar surface area (TPSA) is 39.7 Å². The minimum Gasteiger partial charge on any atom is -0.357 e. The number of likely N-dealkylation sites (tertiary alicyclic amines) is 1. The van der Waals surface area contributed by atoms with Gasteiger partial charge in [0, 0.05) is 32.2 Å². The zero-order valence-electron chi connectivity index (χ0n) is 17.0. The van der Waals surface area contributed by atoms with Gasteiger partial charge in [-0.25, -0.2) is 0 Å². The zero-order chi connectivity index (χ0) is 18.2. The monoisotopic (exact) mass is 484 g/mol. The van der Waals surface area contributed by atoms with Crippen molar-refractivity contribution < 1.29 is 0 Å². The lowest BCUT2D eigenvalue weighted by molar-refractivity contribution is 0.206. The molecule has 0 aromatic heterocycles. The highest BCUT2D eigenvalue weighted by molar-refractivity contribution is 14.0. The first-order valence-corrected chi connectivity index (χ1v) is 10.5. The van der Waals surface area contributed by atoms with Crippen molar-refractivity contribution >= 4 is 29.9 Å². The third-order valence-corrected chi connectivity index (χ3v) is 5.76. The van der Waals surface area contributed by atoms with Crippen molar-refractivity contribution in [1.29, 1.82) is 0 Å². The van der Waals surface area contributed by atoms with Crippen molar-refractivity contribution in [2.45, 2.75) is 58.4 Å². The number of benzene rings is 1. The number of guanidine groups is 1. The first-order chi connectivity index (χ1) is 12.7. The van der Waals surface area contributed by atoms with E-state index in [4.69, 9.17) is 4.99 Å². The number of rotatable bonds is 8. The van der Waals surface area contributed by atoms with Crippen LogP contribution in [0.5, 0.6) is 0 Å². The molecule has 2 aliphatic rings. The van der Waals surface area contributed by atoms with Crippen LogP contribution in [0.2, 0.25) is 0 Å². The Morgan fingerprint density at radius 2 is 1.85 bits per heavy atom. The minimum absolute atomic E-state index is 0. The van der Waals surface area contributed by atoms with Crippen LogP contribution in [0.4, 0.5) is 0 Å². The van der Waals surface area contributed by atoms with E-state index in [2.05, 4.69) is 59.7 Å². The number of hydrogen-bond acceptors (Lipinski definition) is 2. The van der Waals surface area contributed by atoms with E-state index in [1.54, 1.807) is 0 Å². The van der Waals surface area contributed by atoms with Crippen molar-refractivity contribution in [3.8, 4) is 0 Å². The molecule has 0 bridgehead atoms. The molecule has 1 saturated heterocycles. The first kappa shape index (κ1) is 22.5. The van der Waals surface area contributed by atoms with Gasteiger partial charge in [-0.1, -0.05) is 37.3 Å². The fourth-order valence-electron chi connectivity index (χ4n) is 3.97. The van der Waals surface area contributed by atoms with Crippen molar-refractivity contribution in [3.05, 3.63) is 35.9 Å². The third kappa shape index (κ3) is 7.26.